The average Bonchev–Trinajstić information content (AvgIpc) is 2.37. The van der Waals surface area contributed by atoms with E-state index in [9.17, 15) is 5.11 Å². The number of hydrogen-bond acceptors (Lipinski definition) is 3. The Balaban J connectivity index is 1.95. The number of halogens is 1. The molecule has 1 aromatic heterocycles. The van der Waals surface area contributed by atoms with E-state index >= 15 is 0 Å². The van der Waals surface area contributed by atoms with Crippen molar-refractivity contribution < 1.29 is 9.84 Å². The Labute approximate surface area is 105 Å². The molecule has 2 aromatic rings. The van der Waals surface area contributed by atoms with Gasteiger partial charge >= 0.3 is 0 Å². The van der Waals surface area contributed by atoms with Gasteiger partial charge < -0.3 is 9.84 Å². The molecule has 0 bridgehead atoms. The van der Waals surface area contributed by atoms with Crippen molar-refractivity contribution in [2.24, 2.45) is 0 Å². The number of nitrogens with zero attached hydrogens (tertiary/aromatic N) is 1. The van der Waals surface area contributed by atoms with Crippen molar-refractivity contribution in [1.82, 2.24) is 4.98 Å². The highest BCUT2D eigenvalue weighted by Gasteiger charge is 2.07. The van der Waals surface area contributed by atoms with Gasteiger partial charge in [-0.1, -0.05) is 17.7 Å². The predicted molar refractivity (Wildman–Crippen MR) is 66.1 cm³/mol. The molecule has 4 heteroatoms. The highest BCUT2D eigenvalue weighted by molar-refractivity contribution is 6.30. The summed E-state index contributed by atoms with van der Waals surface area (Å²) in [4.78, 5) is 3.89. The third-order valence-corrected chi connectivity index (χ3v) is 2.53. The van der Waals surface area contributed by atoms with E-state index in [0.29, 0.717) is 10.8 Å². The van der Waals surface area contributed by atoms with Gasteiger partial charge in [-0.15, -0.1) is 0 Å². The number of aliphatic hydroxyl groups is 1. The van der Waals surface area contributed by atoms with Crippen LogP contribution in [0.25, 0.3) is 0 Å². The summed E-state index contributed by atoms with van der Waals surface area (Å²) in [6.45, 7) is 0.185. The van der Waals surface area contributed by atoms with Crippen LogP contribution in [0.1, 0.15) is 11.7 Å². The van der Waals surface area contributed by atoms with Gasteiger partial charge in [-0.2, -0.15) is 0 Å². The zero-order chi connectivity index (χ0) is 12.1. The van der Waals surface area contributed by atoms with Gasteiger partial charge in [0, 0.05) is 17.4 Å². The summed E-state index contributed by atoms with van der Waals surface area (Å²) >= 11 is 5.83. The Bertz CT molecular complexity index is 476. The monoisotopic (exact) mass is 249 g/mol. The molecule has 0 spiro atoms. The topological polar surface area (TPSA) is 42.4 Å². The summed E-state index contributed by atoms with van der Waals surface area (Å²) in [5, 5.41) is 10.5. The molecule has 1 heterocycles. The highest BCUT2D eigenvalue weighted by Crippen LogP contribution is 2.19. The maximum absolute atomic E-state index is 9.87. The largest absolute Gasteiger partial charge is 0.490 e. The van der Waals surface area contributed by atoms with Crippen molar-refractivity contribution in [3.63, 3.8) is 0 Å². The molecule has 3 nitrogen and oxygen atoms in total. The van der Waals surface area contributed by atoms with E-state index in [1.807, 2.05) is 0 Å². The molecule has 0 aliphatic carbocycles. The molecule has 1 N–H and O–H groups in total. The Morgan fingerprint density at radius 2 is 2.00 bits per heavy atom. The first-order chi connectivity index (χ1) is 8.25. The van der Waals surface area contributed by atoms with Gasteiger partial charge in [-0.3, -0.25) is 4.98 Å². The molecule has 1 atom stereocenters. The Kier molecular flexibility index (Phi) is 3.96. The van der Waals surface area contributed by atoms with E-state index in [1.165, 1.54) is 0 Å². The summed E-state index contributed by atoms with van der Waals surface area (Å²) in [7, 11) is 0. The number of hydrogen-bond donors (Lipinski definition) is 1. The number of aliphatic hydroxyl groups excluding tert-OH is 1. The summed E-state index contributed by atoms with van der Waals surface area (Å²) in [6, 6.07) is 10.6. The fraction of sp³-hybridized carbons (Fsp3) is 0.154. The second-order valence-electron chi connectivity index (χ2n) is 3.56. The van der Waals surface area contributed by atoms with Gasteiger partial charge in [-0.25, -0.2) is 0 Å². The van der Waals surface area contributed by atoms with Gasteiger partial charge in [0.05, 0.1) is 0 Å². The molecular weight excluding hydrogens is 238 g/mol. The van der Waals surface area contributed by atoms with Gasteiger partial charge in [0.15, 0.2) is 0 Å². The Morgan fingerprint density at radius 1 is 1.24 bits per heavy atom. The number of ether oxygens (including phenoxy) is 1. The normalized spacial score (nSPS) is 12.1. The van der Waals surface area contributed by atoms with Crippen molar-refractivity contribution in [3.8, 4) is 5.75 Å². The molecule has 1 unspecified atom stereocenters. The molecule has 0 radical (unpaired) electrons. The zero-order valence-electron chi connectivity index (χ0n) is 9.08. The lowest BCUT2D eigenvalue weighted by molar-refractivity contribution is 0.108. The number of pyridine rings is 1. The van der Waals surface area contributed by atoms with Crippen molar-refractivity contribution in [3.05, 3.63) is 59.4 Å². The molecule has 2 rings (SSSR count). The molecule has 17 heavy (non-hydrogen) atoms. The summed E-state index contributed by atoms with van der Waals surface area (Å²) in [5.74, 6) is 0.644. The maximum atomic E-state index is 9.87. The molecule has 1 aromatic carbocycles. The number of aromatic nitrogens is 1. The predicted octanol–water partition coefficient (Wildman–Crippen LogP) is 2.85. The minimum absolute atomic E-state index is 0.185. The van der Waals surface area contributed by atoms with Crippen molar-refractivity contribution in [2.45, 2.75) is 6.10 Å². The van der Waals surface area contributed by atoms with Crippen LogP contribution < -0.4 is 4.74 Å². The van der Waals surface area contributed by atoms with E-state index in [-0.39, 0.29) is 6.61 Å². The van der Waals surface area contributed by atoms with Crippen molar-refractivity contribution in [2.75, 3.05) is 6.61 Å². The van der Waals surface area contributed by atoms with Gasteiger partial charge in [0.1, 0.15) is 18.5 Å². The van der Waals surface area contributed by atoms with Crippen LogP contribution in [0.15, 0.2) is 48.8 Å². The second kappa shape index (κ2) is 5.66. The lowest BCUT2D eigenvalue weighted by atomic mass is 10.2. The van der Waals surface area contributed by atoms with E-state index in [0.717, 1.165) is 5.56 Å². The molecule has 88 valence electrons. The first kappa shape index (κ1) is 11.9. The first-order valence-electron chi connectivity index (χ1n) is 5.22. The van der Waals surface area contributed by atoms with Crippen LogP contribution in [-0.2, 0) is 0 Å². The van der Waals surface area contributed by atoms with Gasteiger partial charge in [-0.05, 0) is 35.9 Å². The molecule has 0 saturated heterocycles. The van der Waals surface area contributed by atoms with Crippen molar-refractivity contribution >= 4 is 11.6 Å². The summed E-state index contributed by atoms with van der Waals surface area (Å²) < 4.78 is 5.45. The lowest BCUT2D eigenvalue weighted by Crippen LogP contribution is -2.09. The van der Waals surface area contributed by atoms with Crippen molar-refractivity contribution in [1.29, 1.82) is 0 Å². The van der Waals surface area contributed by atoms with E-state index < -0.39 is 6.10 Å². The number of rotatable bonds is 4. The van der Waals surface area contributed by atoms with E-state index in [2.05, 4.69) is 4.98 Å². The highest BCUT2D eigenvalue weighted by atomic mass is 35.5. The van der Waals surface area contributed by atoms with Crippen LogP contribution in [0.4, 0.5) is 0 Å². The molecule has 0 amide bonds. The minimum atomic E-state index is -0.669. The zero-order valence-corrected chi connectivity index (χ0v) is 9.84. The third kappa shape index (κ3) is 3.44. The van der Waals surface area contributed by atoms with E-state index in [4.69, 9.17) is 16.3 Å². The van der Waals surface area contributed by atoms with Gasteiger partial charge in [0.25, 0.3) is 0 Å². The van der Waals surface area contributed by atoms with Gasteiger partial charge in [0.2, 0.25) is 0 Å². The standard InChI is InChI=1S/C13H12ClNO2/c14-11-2-1-3-12(8-11)17-9-13(16)10-4-6-15-7-5-10/h1-8,13,16H,9H2. The minimum Gasteiger partial charge on any atom is -0.490 e. The first-order valence-corrected chi connectivity index (χ1v) is 5.60. The molecule has 0 aliphatic heterocycles. The quantitative estimate of drug-likeness (QED) is 0.906. The molecule has 0 fully saturated rings. The summed E-state index contributed by atoms with van der Waals surface area (Å²) in [5.41, 5.74) is 0.780. The van der Waals surface area contributed by atoms with Crippen LogP contribution in [-0.4, -0.2) is 16.7 Å². The van der Waals surface area contributed by atoms with Crippen LogP contribution >= 0.6 is 11.6 Å². The Hall–Kier alpha value is -1.58. The summed E-state index contributed by atoms with van der Waals surface area (Å²) in [6.07, 6.45) is 2.60. The lowest BCUT2D eigenvalue weighted by Gasteiger charge is -2.12. The SMILES string of the molecule is OC(COc1cccc(Cl)c1)c1ccncc1. The smallest absolute Gasteiger partial charge is 0.120 e. The number of benzene rings is 1. The van der Waals surface area contributed by atoms with Crippen LogP contribution in [0, 0.1) is 0 Å². The maximum Gasteiger partial charge on any atom is 0.120 e. The Morgan fingerprint density at radius 3 is 2.71 bits per heavy atom. The fourth-order valence-electron chi connectivity index (χ4n) is 1.41. The molecular formula is C13H12ClNO2. The third-order valence-electron chi connectivity index (χ3n) is 2.29. The van der Waals surface area contributed by atoms with Crippen LogP contribution in [0.3, 0.4) is 0 Å². The average molecular weight is 250 g/mol. The molecule has 0 aliphatic rings. The van der Waals surface area contributed by atoms with Crippen LogP contribution in [0.2, 0.25) is 5.02 Å². The molecule has 0 saturated carbocycles. The van der Waals surface area contributed by atoms with Crippen LogP contribution in [0.5, 0.6) is 5.75 Å². The van der Waals surface area contributed by atoms with E-state index in [1.54, 1.807) is 48.8 Å². The fourth-order valence-corrected chi connectivity index (χ4v) is 1.59. The second-order valence-corrected chi connectivity index (χ2v) is 4.00.